The Morgan fingerprint density at radius 2 is 2.24 bits per heavy atom. The fourth-order valence-electron chi connectivity index (χ4n) is 2.34. The Morgan fingerprint density at radius 1 is 1.52 bits per heavy atom. The number of rotatable bonds is 4. The quantitative estimate of drug-likeness (QED) is 0.894. The van der Waals surface area contributed by atoms with Crippen LogP contribution in [0.1, 0.15) is 42.7 Å². The number of aliphatic carboxylic acids is 1. The SMILES string of the molecule is CCn1cc(C(=O)N2CCO[C@H](C(=O)O)C2)c(C(C)C)n1. The molecule has 1 aliphatic heterocycles. The number of aromatic nitrogens is 2. The van der Waals surface area contributed by atoms with Gasteiger partial charge in [0.15, 0.2) is 6.10 Å². The molecule has 1 aliphatic rings. The molecule has 1 aromatic rings. The summed E-state index contributed by atoms with van der Waals surface area (Å²) in [6, 6.07) is 0. The van der Waals surface area contributed by atoms with Crippen molar-refractivity contribution in [2.75, 3.05) is 19.7 Å². The molecule has 1 aromatic heterocycles. The smallest absolute Gasteiger partial charge is 0.334 e. The molecule has 1 amide bonds. The standard InChI is InChI=1S/C14H21N3O4/c1-4-17-7-10(12(15-17)9(2)3)13(18)16-5-6-21-11(8-16)14(19)20/h7,9,11H,4-6,8H2,1-3H3,(H,19,20)/t11-/m0/s1. The molecule has 0 unspecified atom stereocenters. The largest absolute Gasteiger partial charge is 0.479 e. The summed E-state index contributed by atoms with van der Waals surface area (Å²) in [7, 11) is 0. The fourth-order valence-corrected chi connectivity index (χ4v) is 2.34. The van der Waals surface area contributed by atoms with E-state index < -0.39 is 12.1 Å². The average Bonchev–Trinajstić information content (AvgIpc) is 2.91. The van der Waals surface area contributed by atoms with Gasteiger partial charge in [-0.25, -0.2) is 4.79 Å². The van der Waals surface area contributed by atoms with E-state index in [1.54, 1.807) is 10.9 Å². The van der Waals surface area contributed by atoms with E-state index in [9.17, 15) is 9.59 Å². The monoisotopic (exact) mass is 295 g/mol. The summed E-state index contributed by atoms with van der Waals surface area (Å²) in [5, 5.41) is 13.4. The Morgan fingerprint density at radius 3 is 2.81 bits per heavy atom. The average molecular weight is 295 g/mol. The molecule has 116 valence electrons. The normalized spacial score (nSPS) is 19.0. The second-order valence-corrected chi connectivity index (χ2v) is 5.39. The van der Waals surface area contributed by atoms with Crippen LogP contribution in [0.4, 0.5) is 0 Å². The maximum Gasteiger partial charge on any atom is 0.334 e. The summed E-state index contributed by atoms with van der Waals surface area (Å²) in [5.74, 6) is -1.08. The van der Waals surface area contributed by atoms with Crippen LogP contribution in [0.5, 0.6) is 0 Å². The highest BCUT2D eigenvalue weighted by Gasteiger charge is 2.31. The van der Waals surface area contributed by atoms with E-state index in [1.807, 2.05) is 20.8 Å². The number of carboxylic acids is 1. The lowest BCUT2D eigenvalue weighted by molar-refractivity contribution is -0.154. The summed E-state index contributed by atoms with van der Waals surface area (Å²) in [6.07, 6.45) is 0.787. The predicted octanol–water partition coefficient (Wildman–Crippen LogP) is 0.952. The van der Waals surface area contributed by atoms with Crippen LogP contribution in [0.2, 0.25) is 0 Å². The summed E-state index contributed by atoms with van der Waals surface area (Å²) in [5.41, 5.74) is 1.30. The number of carbonyl (C=O) groups excluding carboxylic acids is 1. The predicted molar refractivity (Wildman–Crippen MR) is 75.3 cm³/mol. The zero-order valence-electron chi connectivity index (χ0n) is 12.6. The number of hydrogen-bond acceptors (Lipinski definition) is 4. The van der Waals surface area contributed by atoms with E-state index in [1.165, 1.54) is 4.90 Å². The van der Waals surface area contributed by atoms with E-state index >= 15 is 0 Å². The van der Waals surface area contributed by atoms with E-state index in [0.29, 0.717) is 18.7 Å². The molecule has 1 fully saturated rings. The molecule has 7 heteroatoms. The minimum Gasteiger partial charge on any atom is -0.479 e. The summed E-state index contributed by atoms with van der Waals surface area (Å²) >= 11 is 0. The lowest BCUT2D eigenvalue weighted by atomic mass is 10.1. The van der Waals surface area contributed by atoms with Gasteiger partial charge in [-0.05, 0) is 12.8 Å². The van der Waals surface area contributed by atoms with Gasteiger partial charge in [0.2, 0.25) is 0 Å². The molecule has 1 saturated heterocycles. The van der Waals surface area contributed by atoms with Gasteiger partial charge >= 0.3 is 5.97 Å². The van der Waals surface area contributed by atoms with Crippen molar-refractivity contribution in [2.24, 2.45) is 0 Å². The van der Waals surface area contributed by atoms with Crippen LogP contribution in [0.25, 0.3) is 0 Å². The molecule has 2 rings (SSSR count). The van der Waals surface area contributed by atoms with Crippen molar-refractivity contribution in [3.63, 3.8) is 0 Å². The Hall–Kier alpha value is -1.89. The van der Waals surface area contributed by atoms with Crippen molar-refractivity contribution in [3.8, 4) is 0 Å². The van der Waals surface area contributed by atoms with Crippen molar-refractivity contribution in [1.29, 1.82) is 0 Å². The summed E-state index contributed by atoms with van der Waals surface area (Å²) in [4.78, 5) is 25.2. The van der Waals surface area contributed by atoms with E-state index in [-0.39, 0.29) is 25.0 Å². The molecule has 21 heavy (non-hydrogen) atoms. The third-order valence-corrected chi connectivity index (χ3v) is 3.52. The number of nitrogens with zero attached hydrogens (tertiary/aromatic N) is 3. The molecular formula is C14H21N3O4. The molecule has 0 spiro atoms. The van der Waals surface area contributed by atoms with Gasteiger partial charge in [0.1, 0.15) is 0 Å². The Bertz CT molecular complexity index is 538. The van der Waals surface area contributed by atoms with Crippen molar-refractivity contribution in [2.45, 2.75) is 39.3 Å². The maximum atomic E-state index is 12.6. The molecule has 1 N–H and O–H groups in total. The van der Waals surface area contributed by atoms with Gasteiger partial charge in [0, 0.05) is 19.3 Å². The minimum absolute atomic E-state index is 0.0724. The number of carbonyl (C=O) groups is 2. The first-order valence-corrected chi connectivity index (χ1v) is 7.15. The number of amides is 1. The van der Waals surface area contributed by atoms with Gasteiger partial charge < -0.3 is 14.7 Å². The van der Waals surface area contributed by atoms with Crippen LogP contribution in [0, 0.1) is 0 Å². The van der Waals surface area contributed by atoms with Gasteiger partial charge in [-0.3, -0.25) is 9.48 Å². The van der Waals surface area contributed by atoms with Crippen LogP contribution >= 0.6 is 0 Å². The van der Waals surface area contributed by atoms with Gasteiger partial charge in [-0.2, -0.15) is 5.10 Å². The summed E-state index contributed by atoms with van der Waals surface area (Å²) < 4.78 is 6.88. The molecular weight excluding hydrogens is 274 g/mol. The van der Waals surface area contributed by atoms with Crippen LogP contribution in [0.15, 0.2) is 6.20 Å². The van der Waals surface area contributed by atoms with Crippen molar-refractivity contribution >= 4 is 11.9 Å². The number of aryl methyl sites for hydroxylation is 1. The molecule has 7 nitrogen and oxygen atoms in total. The highest BCUT2D eigenvalue weighted by atomic mass is 16.5. The van der Waals surface area contributed by atoms with Crippen molar-refractivity contribution in [1.82, 2.24) is 14.7 Å². The third-order valence-electron chi connectivity index (χ3n) is 3.52. The number of morpholine rings is 1. The highest BCUT2D eigenvalue weighted by molar-refractivity contribution is 5.95. The highest BCUT2D eigenvalue weighted by Crippen LogP contribution is 2.20. The van der Waals surface area contributed by atoms with Crippen molar-refractivity contribution in [3.05, 3.63) is 17.5 Å². The van der Waals surface area contributed by atoms with Crippen LogP contribution in [-0.2, 0) is 16.1 Å². The lowest BCUT2D eigenvalue weighted by Crippen LogP contribution is -2.48. The Balaban J connectivity index is 2.23. The number of hydrogen-bond donors (Lipinski definition) is 1. The zero-order valence-corrected chi connectivity index (χ0v) is 12.6. The van der Waals surface area contributed by atoms with Gasteiger partial charge in [0.25, 0.3) is 5.91 Å². The van der Waals surface area contributed by atoms with E-state index in [0.717, 1.165) is 5.69 Å². The zero-order chi connectivity index (χ0) is 15.6. The first kappa shape index (κ1) is 15.5. The van der Waals surface area contributed by atoms with Gasteiger partial charge in [-0.15, -0.1) is 0 Å². The Kier molecular flexibility index (Phi) is 4.62. The first-order valence-electron chi connectivity index (χ1n) is 7.15. The van der Waals surface area contributed by atoms with Crippen LogP contribution in [0.3, 0.4) is 0 Å². The second kappa shape index (κ2) is 6.26. The number of ether oxygens (including phenoxy) is 1. The number of carboxylic acid groups (broad SMARTS) is 1. The second-order valence-electron chi connectivity index (χ2n) is 5.39. The van der Waals surface area contributed by atoms with Gasteiger partial charge in [-0.1, -0.05) is 13.8 Å². The molecule has 0 aromatic carbocycles. The summed E-state index contributed by atoms with van der Waals surface area (Å²) in [6.45, 7) is 7.33. The van der Waals surface area contributed by atoms with E-state index in [4.69, 9.17) is 9.84 Å². The first-order chi connectivity index (χ1) is 9.93. The molecule has 0 radical (unpaired) electrons. The molecule has 0 aliphatic carbocycles. The third kappa shape index (κ3) is 3.24. The Labute approximate surface area is 123 Å². The minimum atomic E-state index is -1.04. The molecule has 2 heterocycles. The lowest BCUT2D eigenvalue weighted by Gasteiger charge is -2.30. The van der Waals surface area contributed by atoms with Crippen LogP contribution < -0.4 is 0 Å². The van der Waals surface area contributed by atoms with Gasteiger partial charge in [0.05, 0.1) is 24.4 Å². The topological polar surface area (TPSA) is 84.7 Å². The van der Waals surface area contributed by atoms with Crippen molar-refractivity contribution < 1.29 is 19.4 Å². The molecule has 1 atom stereocenters. The molecule has 0 saturated carbocycles. The maximum absolute atomic E-state index is 12.6. The fraction of sp³-hybridized carbons (Fsp3) is 0.643. The van der Waals surface area contributed by atoms with Crippen LogP contribution in [-0.4, -0.2) is 57.5 Å². The molecule has 0 bridgehead atoms. The van der Waals surface area contributed by atoms with E-state index in [2.05, 4.69) is 5.10 Å².